The Balaban J connectivity index is 2.01. The molecule has 32 heavy (non-hydrogen) atoms. The molecular weight excluding hydrogens is 432 g/mol. The number of rotatable bonds is 7. The quantitative estimate of drug-likeness (QED) is 0.551. The number of nitrogens with one attached hydrogen (secondary N) is 2. The number of amides is 3. The summed E-state index contributed by atoms with van der Waals surface area (Å²) in [6.07, 6.45) is 1.35. The fourth-order valence-corrected chi connectivity index (χ4v) is 4.16. The van der Waals surface area contributed by atoms with Crippen molar-refractivity contribution in [3.05, 3.63) is 58.4 Å². The molecule has 1 aromatic heterocycles. The Hall–Kier alpha value is -2.97. The lowest BCUT2D eigenvalue weighted by Gasteiger charge is -2.50. The number of hydrogen-bond acceptors (Lipinski definition) is 5. The summed E-state index contributed by atoms with van der Waals surface area (Å²) in [5.41, 5.74) is 1.29. The number of pyridine rings is 1. The van der Waals surface area contributed by atoms with Crippen LogP contribution in [-0.2, 0) is 15.0 Å². The van der Waals surface area contributed by atoms with E-state index in [-0.39, 0.29) is 60.3 Å². The van der Waals surface area contributed by atoms with E-state index in [4.69, 9.17) is 16.7 Å². The standard InChI is InChI=1S/C23H27ClN4O4/c1-14(2)15-6-4-5-7-17(15)23(12-28(13-23)20(30)8-9-29)22(32)27-18-11-26-19(24)10-16(18)21(31)25-3/h4-7,10-11,14,29H,8-9,12-13H2,1-3H3,(H,25,31)(H,27,32). The molecule has 1 saturated heterocycles. The maximum absolute atomic E-state index is 13.7. The van der Waals surface area contributed by atoms with E-state index in [0.717, 1.165) is 11.1 Å². The van der Waals surface area contributed by atoms with Gasteiger partial charge in [0.2, 0.25) is 11.8 Å². The number of likely N-dealkylation sites (tertiary alicyclic amines) is 1. The van der Waals surface area contributed by atoms with Crippen LogP contribution in [0.15, 0.2) is 36.5 Å². The molecule has 3 rings (SSSR count). The first-order chi connectivity index (χ1) is 15.2. The molecule has 0 radical (unpaired) electrons. The van der Waals surface area contributed by atoms with Crippen molar-refractivity contribution in [2.75, 3.05) is 32.1 Å². The summed E-state index contributed by atoms with van der Waals surface area (Å²) in [4.78, 5) is 43.9. The Morgan fingerprint density at radius 3 is 2.56 bits per heavy atom. The number of halogens is 1. The largest absolute Gasteiger partial charge is 0.396 e. The first-order valence-electron chi connectivity index (χ1n) is 10.4. The Morgan fingerprint density at radius 1 is 1.25 bits per heavy atom. The van der Waals surface area contributed by atoms with Crippen LogP contribution in [0.4, 0.5) is 5.69 Å². The Morgan fingerprint density at radius 2 is 1.94 bits per heavy atom. The number of carbonyl (C=O) groups excluding carboxylic acids is 3. The smallest absolute Gasteiger partial charge is 0.253 e. The van der Waals surface area contributed by atoms with Crippen molar-refractivity contribution in [2.24, 2.45) is 0 Å². The van der Waals surface area contributed by atoms with Gasteiger partial charge in [-0.2, -0.15) is 0 Å². The van der Waals surface area contributed by atoms with Gasteiger partial charge in [-0.3, -0.25) is 14.4 Å². The summed E-state index contributed by atoms with van der Waals surface area (Å²) in [5.74, 6) is -0.795. The van der Waals surface area contributed by atoms with Gasteiger partial charge >= 0.3 is 0 Å². The van der Waals surface area contributed by atoms with Crippen molar-refractivity contribution >= 4 is 35.0 Å². The van der Waals surface area contributed by atoms with Crippen molar-refractivity contribution < 1.29 is 19.5 Å². The summed E-state index contributed by atoms with van der Waals surface area (Å²) >= 11 is 5.95. The highest BCUT2D eigenvalue weighted by molar-refractivity contribution is 6.30. The van der Waals surface area contributed by atoms with Crippen LogP contribution in [0.3, 0.4) is 0 Å². The minimum absolute atomic E-state index is 0.00541. The van der Waals surface area contributed by atoms with E-state index >= 15 is 0 Å². The number of aliphatic hydroxyl groups excluding tert-OH is 1. The predicted octanol–water partition coefficient (Wildman–Crippen LogP) is 2.32. The average molecular weight is 459 g/mol. The maximum atomic E-state index is 13.7. The van der Waals surface area contributed by atoms with Crippen LogP contribution in [0.25, 0.3) is 0 Å². The molecule has 3 amide bonds. The van der Waals surface area contributed by atoms with E-state index in [1.165, 1.54) is 19.3 Å². The minimum Gasteiger partial charge on any atom is -0.396 e. The molecular formula is C23H27ClN4O4. The van der Waals surface area contributed by atoms with Gasteiger partial charge in [-0.25, -0.2) is 4.98 Å². The highest BCUT2D eigenvalue weighted by Crippen LogP contribution is 2.40. The molecule has 8 nitrogen and oxygen atoms in total. The van der Waals surface area contributed by atoms with E-state index in [9.17, 15) is 14.4 Å². The lowest BCUT2D eigenvalue weighted by Crippen LogP contribution is -2.66. The normalized spacial score (nSPS) is 14.6. The number of hydrogen-bond donors (Lipinski definition) is 3. The number of anilines is 1. The Kier molecular flexibility index (Phi) is 7.16. The molecule has 0 saturated carbocycles. The lowest BCUT2D eigenvalue weighted by molar-refractivity contribution is -0.144. The third kappa shape index (κ3) is 4.47. The number of aliphatic hydroxyl groups is 1. The number of benzene rings is 1. The van der Waals surface area contributed by atoms with Gasteiger partial charge in [0, 0.05) is 26.6 Å². The van der Waals surface area contributed by atoms with E-state index in [1.807, 2.05) is 38.1 Å². The summed E-state index contributed by atoms with van der Waals surface area (Å²) < 4.78 is 0. The molecule has 170 valence electrons. The van der Waals surface area contributed by atoms with Gasteiger partial charge in [0.15, 0.2) is 0 Å². The van der Waals surface area contributed by atoms with Crippen molar-refractivity contribution in [2.45, 2.75) is 31.6 Å². The van der Waals surface area contributed by atoms with Crippen LogP contribution >= 0.6 is 11.6 Å². The summed E-state index contributed by atoms with van der Waals surface area (Å²) in [5, 5.41) is 14.6. The fourth-order valence-electron chi connectivity index (χ4n) is 4.00. The van der Waals surface area contributed by atoms with Gasteiger partial charge in [0.1, 0.15) is 10.6 Å². The molecule has 1 aliphatic rings. The first-order valence-corrected chi connectivity index (χ1v) is 10.8. The molecule has 2 heterocycles. The summed E-state index contributed by atoms with van der Waals surface area (Å²) in [7, 11) is 1.49. The van der Waals surface area contributed by atoms with Gasteiger partial charge in [0.05, 0.1) is 24.1 Å². The van der Waals surface area contributed by atoms with Crippen molar-refractivity contribution in [1.29, 1.82) is 0 Å². The van der Waals surface area contributed by atoms with Crippen LogP contribution in [0.5, 0.6) is 0 Å². The van der Waals surface area contributed by atoms with Gasteiger partial charge in [0.25, 0.3) is 5.91 Å². The van der Waals surface area contributed by atoms with Gasteiger partial charge < -0.3 is 20.6 Å². The molecule has 2 aromatic rings. The molecule has 9 heteroatoms. The zero-order valence-electron chi connectivity index (χ0n) is 18.3. The van der Waals surface area contributed by atoms with Crippen molar-refractivity contribution in [1.82, 2.24) is 15.2 Å². The highest BCUT2D eigenvalue weighted by Gasteiger charge is 2.53. The minimum atomic E-state index is -0.994. The van der Waals surface area contributed by atoms with Crippen LogP contribution in [0.1, 0.15) is 47.7 Å². The summed E-state index contributed by atoms with van der Waals surface area (Å²) in [6.45, 7) is 4.20. The number of nitrogens with zero attached hydrogens (tertiary/aromatic N) is 2. The van der Waals surface area contributed by atoms with Crippen LogP contribution in [0, 0.1) is 0 Å². The van der Waals surface area contributed by atoms with E-state index in [2.05, 4.69) is 15.6 Å². The van der Waals surface area contributed by atoms with Gasteiger partial charge in [-0.05, 0) is 23.1 Å². The average Bonchev–Trinajstić information content (AvgIpc) is 2.74. The number of aromatic nitrogens is 1. The molecule has 0 spiro atoms. The van der Waals surface area contributed by atoms with Crippen molar-refractivity contribution in [3.63, 3.8) is 0 Å². The zero-order valence-corrected chi connectivity index (χ0v) is 19.1. The molecule has 0 aliphatic carbocycles. The van der Waals surface area contributed by atoms with E-state index in [1.54, 1.807) is 4.90 Å². The summed E-state index contributed by atoms with van der Waals surface area (Å²) in [6, 6.07) is 9.07. The van der Waals surface area contributed by atoms with Crippen LogP contribution in [-0.4, -0.2) is 59.5 Å². The van der Waals surface area contributed by atoms with E-state index < -0.39 is 11.3 Å². The Bertz CT molecular complexity index is 1030. The highest BCUT2D eigenvalue weighted by atomic mass is 35.5. The van der Waals surface area contributed by atoms with Crippen LogP contribution < -0.4 is 10.6 Å². The maximum Gasteiger partial charge on any atom is 0.253 e. The second-order valence-corrected chi connectivity index (χ2v) is 8.52. The third-order valence-electron chi connectivity index (χ3n) is 5.72. The zero-order chi connectivity index (χ0) is 23.5. The topological polar surface area (TPSA) is 112 Å². The van der Waals surface area contributed by atoms with Crippen LogP contribution in [0.2, 0.25) is 5.15 Å². The molecule has 1 aromatic carbocycles. The fraction of sp³-hybridized carbons (Fsp3) is 0.391. The molecule has 3 N–H and O–H groups in total. The number of carbonyl (C=O) groups is 3. The van der Waals surface area contributed by atoms with Gasteiger partial charge in [-0.15, -0.1) is 0 Å². The molecule has 0 bridgehead atoms. The monoisotopic (exact) mass is 458 g/mol. The molecule has 1 fully saturated rings. The van der Waals surface area contributed by atoms with Crippen molar-refractivity contribution in [3.8, 4) is 0 Å². The third-order valence-corrected chi connectivity index (χ3v) is 5.93. The SMILES string of the molecule is CNC(=O)c1cc(Cl)ncc1NC(=O)C1(c2ccccc2C(C)C)CN(C(=O)CCO)C1. The molecule has 0 unspecified atom stereocenters. The van der Waals surface area contributed by atoms with E-state index in [0.29, 0.717) is 0 Å². The molecule has 0 atom stereocenters. The Labute approximate surface area is 192 Å². The molecule has 1 aliphatic heterocycles. The van der Waals surface area contributed by atoms with Gasteiger partial charge in [-0.1, -0.05) is 49.7 Å². The predicted molar refractivity (Wildman–Crippen MR) is 122 cm³/mol. The second kappa shape index (κ2) is 9.67. The first kappa shape index (κ1) is 23.7. The lowest BCUT2D eigenvalue weighted by atomic mass is 9.69. The second-order valence-electron chi connectivity index (χ2n) is 8.13.